The van der Waals surface area contributed by atoms with Crippen LogP contribution in [0.5, 0.6) is 0 Å². The monoisotopic (exact) mass is 182 g/mol. The van der Waals surface area contributed by atoms with Gasteiger partial charge in [0.2, 0.25) is 0 Å². The molecule has 4 nitrogen and oxygen atoms in total. The Morgan fingerprint density at radius 1 is 1.69 bits per heavy atom. The lowest BCUT2D eigenvalue weighted by Gasteiger charge is -2.19. The van der Waals surface area contributed by atoms with Crippen LogP contribution in [0, 0.1) is 0 Å². The lowest BCUT2D eigenvalue weighted by molar-refractivity contribution is -0.132. The predicted molar refractivity (Wildman–Crippen MR) is 45.9 cm³/mol. The molecule has 0 unspecified atom stereocenters. The number of aliphatic hydroxyl groups is 1. The predicted octanol–water partition coefficient (Wildman–Crippen LogP) is 0.457. The van der Waals surface area contributed by atoms with Gasteiger partial charge in [-0.05, 0) is 12.2 Å². The third-order valence-electron chi connectivity index (χ3n) is 1.65. The smallest absolute Gasteiger partial charge is 0.335 e. The highest BCUT2D eigenvalue weighted by molar-refractivity contribution is 5.90. The quantitative estimate of drug-likeness (QED) is 0.622. The van der Waals surface area contributed by atoms with Gasteiger partial charge in [-0.2, -0.15) is 0 Å². The Morgan fingerprint density at radius 2 is 2.38 bits per heavy atom. The molecule has 0 saturated heterocycles. The molecule has 1 aliphatic rings. The molecule has 4 heteroatoms. The Bertz CT molecular complexity index is 277. The molecule has 0 saturated carbocycles. The molecule has 0 bridgehead atoms. The van der Waals surface area contributed by atoms with Gasteiger partial charge < -0.3 is 14.9 Å². The van der Waals surface area contributed by atoms with E-state index in [0.29, 0.717) is 0 Å². The van der Waals surface area contributed by atoms with Crippen molar-refractivity contribution in [1.29, 1.82) is 0 Å². The molecule has 0 fully saturated rings. The first-order chi connectivity index (χ1) is 6.15. The Morgan fingerprint density at radius 3 is 2.92 bits per heavy atom. The highest BCUT2D eigenvalue weighted by Crippen LogP contribution is 2.14. The Hall–Kier alpha value is -1.55. The van der Waals surface area contributed by atoms with E-state index in [2.05, 4.69) is 6.58 Å². The van der Waals surface area contributed by atoms with E-state index in [4.69, 9.17) is 9.84 Å². The van der Waals surface area contributed by atoms with Crippen molar-refractivity contribution in [2.45, 2.75) is 12.2 Å². The van der Waals surface area contributed by atoms with E-state index < -0.39 is 18.2 Å². The van der Waals surface area contributed by atoms with Gasteiger partial charge in [-0.1, -0.05) is 12.7 Å². The molecular weight excluding hydrogens is 172 g/mol. The van der Waals surface area contributed by atoms with Gasteiger partial charge >= 0.3 is 5.97 Å². The minimum absolute atomic E-state index is 0.108. The van der Waals surface area contributed by atoms with E-state index in [1.165, 1.54) is 24.5 Å². The zero-order valence-corrected chi connectivity index (χ0v) is 6.88. The van der Waals surface area contributed by atoms with Gasteiger partial charge in [0, 0.05) is 0 Å². The van der Waals surface area contributed by atoms with Crippen molar-refractivity contribution in [3.8, 4) is 0 Å². The van der Waals surface area contributed by atoms with Gasteiger partial charge in [-0.3, -0.25) is 0 Å². The van der Waals surface area contributed by atoms with Crippen molar-refractivity contribution < 1.29 is 19.7 Å². The number of hydrogen-bond donors (Lipinski definition) is 2. The van der Waals surface area contributed by atoms with Crippen LogP contribution >= 0.6 is 0 Å². The van der Waals surface area contributed by atoms with E-state index in [-0.39, 0.29) is 5.57 Å². The van der Waals surface area contributed by atoms with Crippen LogP contribution in [0.25, 0.3) is 0 Å². The normalized spacial score (nSPS) is 26.4. The molecule has 0 aliphatic heterocycles. The largest absolute Gasteiger partial charge is 0.491 e. The first-order valence-electron chi connectivity index (χ1n) is 3.73. The summed E-state index contributed by atoms with van der Waals surface area (Å²) in [6.45, 7) is 3.33. The van der Waals surface area contributed by atoms with Crippen LogP contribution in [0.2, 0.25) is 0 Å². The third-order valence-corrected chi connectivity index (χ3v) is 1.65. The van der Waals surface area contributed by atoms with Crippen LogP contribution in [0.1, 0.15) is 0 Å². The molecule has 2 atom stereocenters. The van der Waals surface area contributed by atoms with Crippen LogP contribution in [-0.4, -0.2) is 28.4 Å². The summed E-state index contributed by atoms with van der Waals surface area (Å²) in [6.07, 6.45) is 3.75. The summed E-state index contributed by atoms with van der Waals surface area (Å²) in [5.74, 6) is -1.04. The summed E-state index contributed by atoms with van der Waals surface area (Å²) in [5.41, 5.74) is 0.108. The summed E-state index contributed by atoms with van der Waals surface area (Å²) in [7, 11) is 0. The molecule has 2 N–H and O–H groups in total. The summed E-state index contributed by atoms with van der Waals surface area (Å²) >= 11 is 0. The molecule has 0 radical (unpaired) electrons. The third kappa shape index (κ3) is 2.19. The van der Waals surface area contributed by atoms with Gasteiger partial charge in [0.05, 0.1) is 11.8 Å². The number of aliphatic carboxylic acids is 1. The SMILES string of the molecule is C=CO[C@@H]1C=C(C(=O)O)C=C[C@H]1O. The molecule has 1 rings (SSSR count). The second kappa shape index (κ2) is 3.91. The maximum absolute atomic E-state index is 10.5. The Balaban J connectivity index is 2.79. The van der Waals surface area contributed by atoms with Crippen molar-refractivity contribution >= 4 is 5.97 Å². The first kappa shape index (κ1) is 9.54. The molecule has 0 spiro atoms. The number of ether oxygens (including phenoxy) is 1. The van der Waals surface area contributed by atoms with Gasteiger partial charge in [0.1, 0.15) is 12.2 Å². The minimum atomic E-state index is -1.04. The number of hydrogen-bond acceptors (Lipinski definition) is 3. The molecule has 0 aromatic rings. The molecule has 0 aromatic heterocycles. The fourth-order valence-corrected chi connectivity index (χ4v) is 1.02. The van der Waals surface area contributed by atoms with Gasteiger partial charge in [0.15, 0.2) is 0 Å². The highest BCUT2D eigenvalue weighted by Gasteiger charge is 2.21. The van der Waals surface area contributed by atoms with E-state index in [1.54, 1.807) is 0 Å². The second-order valence-corrected chi connectivity index (χ2v) is 2.54. The maximum atomic E-state index is 10.5. The summed E-state index contributed by atoms with van der Waals surface area (Å²) in [6, 6.07) is 0. The molecular formula is C9H10O4. The fraction of sp³-hybridized carbons (Fsp3) is 0.222. The van der Waals surface area contributed by atoms with Crippen molar-refractivity contribution in [1.82, 2.24) is 0 Å². The van der Waals surface area contributed by atoms with E-state index in [1.807, 2.05) is 0 Å². The number of carboxylic acids is 1. The van der Waals surface area contributed by atoms with Crippen LogP contribution in [0.3, 0.4) is 0 Å². The number of rotatable bonds is 3. The van der Waals surface area contributed by atoms with E-state index in [0.717, 1.165) is 0 Å². The van der Waals surface area contributed by atoms with Gasteiger partial charge in [-0.15, -0.1) is 0 Å². The van der Waals surface area contributed by atoms with E-state index >= 15 is 0 Å². The average molecular weight is 182 g/mol. The Kier molecular flexibility index (Phi) is 2.87. The molecule has 0 amide bonds. The van der Waals surface area contributed by atoms with Crippen molar-refractivity contribution in [3.05, 3.63) is 36.6 Å². The lowest BCUT2D eigenvalue weighted by Crippen LogP contribution is -2.27. The standard InChI is InChI=1S/C9H10O4/c1-2-13-8-5-6(9(11)12)3-4-7(8)10/h2-5,7-8,10H,1H2,(H,11,12)/t7-,8-/m1/s1. The van der Waals surface area contributed by atoms with Crippen LogP contribution in [0.15, 0.2) is 36.6 Å². The number of carbonyl (C=O) groups is 1. The van der Waals surface area contributed by atoms with Crippen LogP contribution in [0.4, 0.5) is 0 Å². The second-order valence-electron chi connectivity index (χ2n) is 2.54. The van der Waals surface area contributed by atoms with Crippen molar-refractivity contribution in [2.24, 2.45) is 0 Å². The van der Waals surface area contributed by atoms with E-state index in [9.17, 15) is 9.90 Å². The van der Waals surface area contributed by atoms with Crippen molar-refractivity contribution in [2.75, 3.05) is 0 Å². The summed E-state index contributed by atoms with van der Waals surface area (Å²) < 4.78 is 4.90. The number of carboxylic acid groups (broad SMARTS) is 1. The molecule has 13 heavy (non-hydrogen) atoms. The summed E-state index contributed by atoms with van der Waals surface area (Å²) in [4.78, 5) is 10.5. The van der Waals surface area contributed by atoms with Gasteiger partial charge in [0.25, 0.3) is 0 Å². The van der Waals surface area contributed by atoms with Gasteiger partial charge in [-0.25, -0.2) is 4.79 Å². The van der Waals surface area contributed by atoms with Crippen LogP contribution < -0.4 is 0 Å². The average Bonchev–Trinajstić information content (AvgIpc) is 2.08. The zero-order chi connectivity index (χ0) is 9.84. The highest BCUT2D eigenvalue weighted by atomic mass is 16.5. The number of aliphatic hydroxyl groups excluding tert-OH is 1. The van der Waals surface area contributed by atoms with Crippen molar-refractivity contribution in [3.63, 3.8) is 0 Å². The molecule has 0 heterocycles. The minimum Gasteiger partial charge on any atom is -0.491 e. The molecule has 0 aromatic carbocycles. The maximum Gasteiger partial charge on any atom is 0.335 e. The van der Waals surface area contributed by atoms with Crippen LogP contribution in [-0.2, 0) is 9.53 Å². The molecule has 70 valence electrons. The first-order valence-corrected chi connectivity index (χ1v) is 3.73. The summed E-state index contributed by atoms with van der Waals surface area (Å²) in [5, 5.41) is 17.9. The Labute approximate surface area is 75.4 Å². The topological polar surface area (TPSA) is 66.8 Å². The zero-order valence-electron chi connectivity index (χ0n) is 6.88. The fourth-order valence-electron chi connectivity index (χ4n) is 1.02. The lowest BCUT2D eigenvalue weighted by atomic mass is 10.0. The molecule has 1 aliphatic carbocycles.